The van der Waals surface area contributed by atoms with Crippen LogP contribution in [0.4, 0.5) is 9.59 Å². The first-order valence-electron chi connectivity index (χ1n) is 20.1. The van der Waals surface area contributed by atoms with Crippen LogP contribution in [0.15, 0.2) is 0 Å². The lowest BCUT2D eigenvalue weighted by molar-refractivity contribution is -0.157. The van der Waals surface area contributed by atoms with Gasteiger partial charge in [-0.1, -0.05) is 72.6 Å². The molecular formula is C39H69N5O7S. The number of alkyl carbamates (subject to hydrolysis) is 1. The first-order valence-corrected chi connectivity index (χ1v) is 21.1. The van der Waals surface area contributed by atoms with Gasteiger partial charge in [0.25, 0.3) is 0 Å². The van der Waals surface area contributed by atoms with Crippen LogP contribution in [-0.4, -0.2) is 89.2 Å². The van der Waals surface area contributed by atoms with Crippen molar-refractivity contribution < 1.29 is 33.4 Å². The second-order valence-electron chi connectivity index (χ2n) is 17.5. The van der Waals surface area contributed by atoms with Crippen LogP contribution < -0.4 is 26.6 Å². The zero-order chi connectivity index (χ0) is 38.2. The summed E-state index contributed by atoms with van der Waals surface area (Å²) in [5.74, 6) is -0.269. The van der Waals surface area contributed by atoms with Crippen molar-refractivity contribution in [3.8, 4) is 0 Å². The van der Waals surface area contributed by atoms with Gasteiger partial charge in [0, 0.05) is 30.0 Å². The van der Waals surface area contributed by atoms with E-state index in [1.54, 1.807) is 0 Å². The van der Waals surface area contributed by atoms with E-state index in [-0.39, 0.29) is 47.8 Å². The number of hydrogen-bond acceptors (Lipinski definition) is 8. The zero-order valence-electron chi connectivity index (χ0n) is 33.3. The highest BCUT2D eigenvalue weighted by Gasteiger charge is 2.52. The number of rotatable bonds is 17. The molecule has 52 heavy (non-hydrogen) atoms. The number of urea groups is 1. The molecule has 4 aliphatic rings. The van der Waals surface area contributed by atoms with E-state index in [9.17, 15) is 19.2 Å². The molecule has 12 nitrogen and oxygen atoms in total. The van der Waals surface area contributed by atoms with Crippen LogP contribution in [0.25, 0.3) is 0 Å². The number of carbonyl (C=O) groups excluding carboxylic acids is 4. The molecule has 3 heterocycles. The van der Waals surface area contributed by atoms with Gasteiger partial charge in [-0.25, -0.2) is 9.59 Å². The van der Waals surface area contributed by atoms with Crippen LogP contribution in [0.2, 0.25) is 0 Å². The van der Waals surface area contributed by atoms with E-state index in [0.717, 1.165) is 50.7 Å². The normalized spacial score (nSPS) is 28.3. The molecule has 3 saturated heterocycles. The lowest BCUT2D eigenvalue weighted by atomic mass is 9.79. The van der Waals surface area contributed by atoms with Gasteiger partial charge < -0.3 is 40.8 Å². The molecule has 4 rings (SSSR count). The second kappa shape index (κ2) is 18.9. The number of hydrogen-bond donors (Lipinski definition) is 5. The lowest BCUT2D eigenvalue weighted by Gasteiger charge is -2.36. The summed E-state index contributed by atoms with van der Waals surface area (Å²) in [5, 5.41) is 15.9. The summed E-state index contributed by atoms with van der Waals surface area (Å²) >= 11 is 1.89. The van der Waals surface area contributed by atoms with E-state index < -0.39 is 41.6 Å². The molecule has 0 aromatic carbocycles. The molecule has 0 spiro atoms. The summed E-state index contributed by atoms with van der Waals surface area (Å²) in [6.45, 7) is 17.8. The third-order valence-electron chi connectivity index (χ3n) is 11.2. The highest BCUT2D eigenvalue weighted by Crippen LogP contribution is 2.39. The molecule has 1 aliphatic carbocycles. The fraction of sp³-hybridized carbons (Fsp3) is 0.897. The van der Waals surface area contributed by atoms with Gasteiger partial charge in [0.15, 0.2) is 5.79 Å². The average Bonchev–Trinajstić information content (AvgIpc) is 3.71. The first-order chi connectivity index (χ1) is 24.5. The molecule has 4 fully saturated rings. The number of nitrogens with one attached hydrogen (secondary N) is 5. The van der Waals surface area contributed by atoms with Crippen LogP contribution in [-0.2, 0) is 23.8 Å². The van der Waals surface area contributed by atoms with Crippen molar-refractivity contribution in [3.63, 3.8) is 0 Å². The Balaban J connectivity index is 1.39. The Labute approximate surface area is 316 Å². The Morgan fingerprint density at radius 1 is 1.00 bits per heavy atom. The minimum atomic E-state index is -0.951. The Hall–Kier alpha value is -2.25. The van der Waals surface area contributed by atoms with Gasteiger partial charge >= 0.3 is 12.1 Å². The van der Waals surface area contributed by atoms with E-state index >= 15 is 0 Å². The van der Waals surface area contributed by atoms with E-state index in [2.05, 4.69) is 40.4 Å². The number of carbonyl (C=O) groups is 4. The second-order valence-corrected chi connectivity index (χ2v) is 18.8. The topological polar surface area (TPSA) is 156 Å². The Kier molecular flexibility index (Phi) is 15.4. The number of unbranched alkanes of at least 4 members (excludes halogenated alkanes) is 1. The van der Waals surface area contributed by atoms with Gasteiger partial charge in [-0.15, -0.1) is 0 Å². The number of ether oxygens (including phenoxy) is 3. The van der Waals surface area contributed by atoms with E-state index in [4.69, 9.17) is 14.2 Å². The van der Waals surface area contributed by atoms with E-state index in [1.807, 2.05) is 60.2 Å². The van der Waals surface area contributed by atoms with Crippen LogP contribution in [0.5, 0.6) is 0 Å². The Bertz CT molecular complexity index is 1210. The standard InChI is InChI=1S/C39H69N5O7S/c1-10-24(4)27(21-40-30(45)19-15-14-18-29-32-28(22-52-29)42-36(47)44-32)41-35(46)31(23(2)3)34-33(49-39(8,9)50-34)26(20-25-16-12-11-13-17-25)43-37(48)51-38(5,6)7/h23-29,31-34H,10-22H2,1-9H3,(H,40,45)(H,41,46)(H,43,48)(H2,42,44,47)/t24-,26-,27+,28-,29-,31+,32-,33+,34+/m0/s1. The molecule has 0 unspecified atom stereocenters. The van der Waals surface area contributed by atoms with Gasteiger partial charge in [-0.2, -0.15) is 11.8 Å². The molecule has 0 aromatic rings. The molecule has 13 heteroatoms. The molecular weight excluding hydrogens is 683 g/mol. The highest BCUT2D eigenvalue weighted by atomic mass is 32.2. The van der Waals surface area contributed by atoms with Crippen molar-refractivity contribution in [2.45, 2.75) is 186 Å². The fourth-order valence-electron chi connectivity index (χ4n) is 8.30. The van der Waals surface area contributed by atoms with Crippen molar-refractivity contribution in [2.24, 2.45) is 23.7 Å². The van der Waals surface area contributed by atoms with Crippen molar-refractivity contribution in [3.05, 3.63) is 0 Å². The van der Waals surface area contributed by atoms with Crippen LogP contribution in [0.1, 0.15) is 133 Å². The Morgan fingerprint density at radius 2 is 1.69 bits per heavy atom. The molecule has 5 amide bonds. The molecule has 3 aliphatic heterocycles. The highest BCUT2D eigenvalue weighted by molar-refractivity contribution is 8.00. The molecule has 5 N–H and O–H groups in total. The average molecular weight is 752 g/mol. The monoisotopic (exact) mass is 751 g/mol. The fourth-order valence-corrected chi connectivity index (χ4v) is 9.84. The molecule has 9 atom stereocenters. The van der Waals surface area contributed by atoms with Gasteiger partial charge in [0.1, 0.15) is 17.8 Å². The minimum Gasteiger partial charge on any atom is -0.444 e. The summed E-state index contributed by atoms with van der Waals surface area (Å²) in [5.41, 5.74) is -0.655. The number of amides is 5. The van der Waals surface area contributed by atoms with Gasteiger partial charge in [-0.05, 0) is 71.6 Å². The van der Waals surface area contributed by atoms with Gasteiger partial charge in [0.2, 0.25) is 11.8 Å². The van der Waals surface area contributed by atoms with Crippen molar-refractivity contribution >= 4 is 35.7 Å². The zero-order valence-corrected chi connectivity index (χ0v) is 34.1. The maximum absolute atomic E-state index is 14.4. The van der Waals surface area contributed by atoms with Crippen molar-refractivity contribution in [1.82, 2.24) is 26.6 Å². The summed E-state index contributed by atoms with van der Waals surface area (Å²) in [6, 6.07) is -0.363. The molecule has 0 radical (unpaired) electrons. The van der Waals surface area contributed by atoms with Crippen LogP contribution >= 0.6 is 11.8 Å². The van der Waals surface area contributed by atoms with E-state index in [0.29, 0.717) is 24.1 Å². The van der Waals surface area contributed by atoms with Gasteiger partial charge in [0.05, 0.1) is 24.0 Å². The molecule has 298 valence electrons. The third-order valence-corrected chi connectivity index (χ3v) is 12.7. The lowest BCUT2D eigenvalue weighted by Crippen LogP contribution is -2.56. The first kappa shape index (κ1) is 42.5. The molecule has 0 bridgehead atoms. The summed E-state index contributed by atoms with van der Waals surface area (Å²) < 4.78 is 18.8. The number of thioether (sulfide) groups is 1. The van der Waals surface area contributed by atoms with Crippen molar-refractivity contribution in [2.75, 3.05) is 12.3 Å². The SMILES string of the molecule is CC[C@H](C)[C@@H](CNC(=O)CCCC[C@@H]1SC[C@@H]2NC(=O)N[C@@H]21)NC(=O)[C@H](C(C)C)[C@H]1OC(C)(C)O[C@@H]1[C@H](CC1CCCCC1)NC(=O)OC(C)(C)C. The van der Waals surface area contributed by atoms with Gasteiger partial charge in [-0.3, -0.25) is 9.59 Å². The summed E-state index contributed by atoms with van der Waals surface area (Å²) in [7, 11) is 0. The van der Waals surface area contributed by atoms with Crippen molar-refractivity contribution in [1.29, 1.82) is 0 Å². The van der Waals surface area contributed by atoms with Crippen LogP contribution in [0.3, 0.4) is 0 Å². The summed E-state index contributed by atoms with van der Waals surface area (Å²) in [6.07, 6.45) is 8.74. The third kappa shape index (κ3) is 12.4. The predicted octanol–water partition coefficient (Wildman–Crippen LogP) is 6.02. The maximum atomic E-state index is 14.4. The Morgan fingerprint density at radius 3 is 2.35 bits per heavy atom. The molecule has 1 saturated carbocycles. The number of fused-ring (bicyclic) bond motifs is 1. The smallest absolute Gasteiger partial charge is 0.407 e. The minimum absolute atomic E-state index is 0.0242. The maximum Gasteiger partial charge on any atom is 0.407 e. The largest absolute Gasteiger partial charge is 0.444 e. The predicted molar refractivity (Wildman–Crippen MR) is 205 cm³/mol. The van der Waals surface area contributed by atoms with E-state index in [1.165, 1.54) is 19.3 Å². The summed E-state index contributed by atoms with van der Waals surface area (Å²) in [4.78, 5) is 52.2. The van der Waals surface area contributed by atoms with Crippen LogP contribution in [0, 0.1) is 23.7 Å². The quantitative estimate of drug-likeness (QED) is 0.0894. The molecule has 0 aromatic heterocycles.